The smallest absolute Gasteiger partial charge is 0.254 e. The minimum Gasteiger partial charge on any atom is -0.464 e. The number of hydrogen-bond acceptors (Lipinski definition) is 3. The molecule has 0 atom stereocenters. The lowest BCUT2D eigenvalue weighted by molar-refractivity contribution is 0.0712. The van der Waals surface area contributed by atoms with E-state index in [4.69, 9.17) is 10.2 Å². The maximum atomic E-state index is 13.5. The number of amides is 1. The van der Waals surface area contributed by atoms with E-state index in [1.807, 2.05) is 24.0 Å². The number of piperidine rings is 1. The Labute approximate surface area is 189 Å². The van der Waals surface area contributed by atoms with E-state index in [0.717, 1.165) is 53.6 Å². The summed E-state index contributed by atoms with van der Waals surface area (Å²) in [7, 11) is 1.71. The molecule has 0 unspecified atom stereocenters. The Morgan fingerprint density at radius 3 is 2.47 bits per heavy atom. The summed E-state index contributed by atoms with van der Waals surface area (Å²) in [4.78, 5) is 19.7. The Kier molecular flexibility index (Phi) is 5.50. The molecule has 3 aromatic rings. The fourth-order valence-electron chi connectivity index (χ4n) is 5.26. The summed E-state index contributed by atoms with van der Waals surface area (Å²) >= 11 is 0. The van der Waals surface area contributed by atoms with E-state index in [0.29, 0.717) is 17.7 Å². The van der Waals surface area contributed by atoms with Crippen LogP contribution in [-0.4, -0.2) is 36.8 Å². The summed E-state index contributed by atoms with van der Waals surface area (Å²) < 4.78 is 5.75. The lowest BCUT2D eigenvalue weighted by Crippen LogP contribution is -2.38. The fourth-order valence-corrected chi connectivity index (χ4v) is 5.26. The molecule has 5 heteroatoms. The van der Waals surface area contributed by atoms with Gasteiger partial charge in [0, 0.05) is 36.7 Å². The van der Waals surface area contributed by atoms with Gasteiger partial charge in [-0.25, -0.2) is 0 Å². The molecule has 2 heterocycles. The minimum absolute atomic E-state index is 0.0995. The largest absolute Gasteiger partial charge is 0.464 e. The van der Waals surface area contributed by atoms with Gasteiger partial charge in [-0.2, -0.15) is 0 Å². The molecule has 5 rings (SSSR count). The molecule has 0 spiro atoms. The molecule has 2 aliphatic rings. The molecule has 2 N–H and O–H groups in total. The number of amidine groups is 1. The predicted molar refractivity (Wildman–Crippen MR) is 129 cm³/mol. The number of nitrogens with two attached hydrogens (primary N) is 1. The van der Waals surface area contributed by atoms with E-state index in [1.54, 1.807) is 13.3 Å². The summed E-state index contributed by atoms with van der Waals surface area (Å²) in [5.74, 6) is 1.57. The highest BCUT2D eigenvalue weighted by molar-refractivity contribution is 6.03. The van der Waals surface area contributed by atoms with Crippen LogP contribution in [0.25, 0.3) is 11.0 Å². The van der Waals surface area contributed by atoms with Crippen molar-refractivity contribution in [3.8, 4) is 0 Å². The molecule has 1 amide bonds. The summed E-state index contributed by atoms with van der Waals surface area (Å²) in [6.07, 6.45) is 7.27. The summed E-state index contributed by atoms with van der Waals surface area (Å²) in [6.45, 7) is 3.54. The average Bonchev–Trinajstić information content (AvgIpc) is 3.26. The van der Waals surface area contributed by atoms with Crippen LogP contribution in [0.1, 0.15) is 76.6 Å². The third-order valence-corrected chi connectivity index (χ3v) is 7.42. The van der Waals surface area contributed by atoms with Gasteiger partial charge in [0.15, 0.2) is 0 Å². The highest BCUT2D eigenvalue weighted by atomic mass is 16.3. The van der Waals surface area contributed by atoms with Crippen LogP contribution in [0.2, 0.25) is 0 Å². The molecule has 1 aliphatic heterocycles. The quantitative estimate of drug-likeness (QED) is 0.448. The SMILES string of the molecule is CN=C(N)c1cc(C(=O)N2CCC(c3cccc4ccoc34)CC2)c(C)cc1C1CCC1. The summed E-state index contributed by atoms with van der Waals surface area (Å²) in [6, 6.07) is 12.5. The van der Waals surface area contributed by atoms with Crippen molar-refractivity contribution < 1.29 is 9.21 Å². The van der Waals surface area contributed by atoms with Crippen LogP contribution >= 0.6 is 0 Å². The highest BCUT2D eigenvalue weighted by Crippen LogP contribution is 2.39. The number of para-hydroxylation sites is 1. The second-order valence-corrected chi connectivity index (χ2v) is 9.24. The van der Waals surface area contributed by atoms with Crippen LogP contribution in [0.4, 0.5) is 0 Å². The lowest BCUT2D eigenvalue weighted by Gasteiger charge is -2.33. The Morgan fingerprint density at radius 2 is 1.78 bits per heavy atom. The minimum atomic E-state index is 0.0995. The normalized spacial score (nSPS) is 18.2. The standard InChI is InChI=1S/C27H31N3O2/c1-17-15-23(18-5-3-6-18)24(26(28)29-2)16-22(17)27(31)30-12-9-19(10-13-30)21-8-4-7-20-11-14-32-25(20)21/h4,7-8,11,14-16,18-19H,3,5-6,9-10,12-13H2,1-2H3,(H2,28,29). The van der Waals surface area contributed by atoms with E-state index in [-0.39, 0.29) is 5.91 Å². The van der Waals surface area contributed by atoms with E-state index in [1.165, 1.54) is 30.4 Å². The lowest BCUT2D eigenvalue weighted by atomic mass is 9.77. The number of furan rings is 1. The van der Waals surface area contributed by atoms with E-state index >= 15 is 0 Å². The Hall–Kier alpha value is -3.08. The monoisotopic (exact) mass is 429 g/mol. The number of hydrogen-bond donors (Lipinski definition) is 1. The number of carbonyl (C=O) groups excluding carboxylic acids is 1. The van der Waals surface area contributed by atoms with Crippen molar-refractivity contribution >= 4 is 22.7 Å². The average molecular weight is 430 g/mol. The van der Waals surface area contributed by atoms with Crippen molar-refractivity contribution in [3.05, 3.63) is 70.5 Å². The van der Waals surface area contributed by atoms with Crippen molar-refractivity contribution in [1.82, 2.24) is 4.90 Å². The van der Waals surface area contributed by atoms with E-state index < -0.39 is 0 Å². The van der Waals surface area contributed by atoms with Gasteiger partial charge in [-0.3, -0.25) is 9.79 Å². The highest BCUT2D eigenvalue weighted by Gasteiger charge is 2.29. The number of likely N-dealkylation sites (tertiary alicyclic amines) is 1. The Morgan fingerprint density at radius 1 is 1.03 bits per heavy atom. The molecule has 2 fully saturated rings. The Bertz CT molecular complexity index is 1180. The Balaban J connectivity index is 1.36. The van der Waals surface area contributed by atoms with Crippen LogP contribution in [0.15, 0.2) is 52.1 Å². The summed E-state index contributed by atoms with van der Waals surface area (Å²) in [5, 5.41) is 1.14. The van der Waals surface area contributed by atoms with Crippen LogP contribution < -0.4 is 5.73 Å². The summed E-state index contributed by atoms with van der Waals surface area (Å²) in [5.41, 5.74) is 12.5. The first kappa shape index (κ1) is 20.8. The molecule has 32 heavy (non-hydrogen) atoms. The third-order valence-electron chi connectivity index (χ3n) is 7.42. The second-order valence-electron chi connectivity index (χ2n) is 9.24. The zero-order valence-electron chi connectivity index (χ0n) is 18.9. The number of rotatable bonds is 4. The van der Waals surface area contributed by atoms with Crippen LogP contribution in [0, 0.1) is 6.92 Å². The first-order chi connectivity index (χ1) is 15.6. The zero-order chi connectivity index (χ0) is 22.2. The second kappa shape index (κ2) is 8.45. The molecule has 5 nitrogen and oxygen atoms in total. The van der Waals surface area contributed by atoms with E-state index in [2.05, 4.69) is 29.3 Å². The van der Waals surface area contributed by atoms with Crippen LogP contribution in [0.3, 0.4) is 0 Å². The van der Waals surface area contributed by atoms with Crippen molar-refractivity contribution in [1.29, 1.82) is 0 Å². The molecule has 2 aromatic carbocycles. The number of benzene rings is 2. The number of aryl methyl sites for hydroxylation is 1. The van der Waals surface area contributed by atoms with Crippen molar-refractivity contribution in [2.75, 3.05) is 20.1 Å². The fraction of sp³-hybridized carbons (Fsp3) is 0.407. The number of carbonyl (C=O) groups is 1. The molecule has 1 saturated carbocycles. The molecule has 1 saturated heterocycles. The van der Waals surface area contributed by atoms with Gasteiger partial charge in [-0.15, -0.1) is 0 Å². The van der Waals surface area contributed by atoms with Crippen molar-refractivity contribution in [2.24, 2.45) is 10.7 Å². The molecule has 1 aromatic heterocycles. The first-order valence-corrected chi connectivity index (χ1v) is 11.7. The van der Waals surface area contributed by atoms with Gasteiger partial charge in [-0.1, -0.05) is 30.7 Å². The molecule has 0 radical (unpaired) electrons. The maximum absolute atomic E-state index is 13.5. The van der Waals surface area contributed by atoms with E-state index in [9.17, 15) is 4.79 Å². The topological polar surface area (TPSA) is 71.8 Å². The van der Waals surface area contributed by atoms with Gasteiger partial charge in [0.25, 0.3) is 5.91 Å². The number of fused-ring (bicyclic) bond motifs is 1. The van der Waals surface area contributed by atoms with Crippen molar-refractivity contribution in [3.63, 3.8) is 0 Å². The van der Waals surface area contributed by atoms with Crippen molar-refractivity contribution in [2.45, 2.75) is 50.9 Å². The van der Waals surface area contributed by atoms with Crippen LogP contribution in [0.5, 0.6) is 0 Å². The van der Waals surface area contributed by atoms with Gasteiger partial charge in [0.2, 0.25) is 0 Å². The molecular weight excluding hydrogens is 398 g/mol. The molecule has 1 aliphatic carbocycles. The van der Waals surface area contributed by atoms with Gasteiger partial charge in [0.1, 0.15) is 11.4 Å². The molecular formula is C27H31N3O2. The number of aliphatic imine (C=N–C) groups is 1. The first-order valence-electron chi connectivity index (χ1n) is 11.7. The van der Waals surface area contributed by atoms with Crippen LogP contribution in [-0.2, 0) is 0 Å². The van der Waals surface area contributed by atoms with Gasteiger partial charge >= 0.3 is 0 Å². The molecule has 0 bridgehead atoms. The third kappa shape index (κ3) is 3.60. The maximum Gasteiger partial charge on any atom is 0.254 e. The van der Waals surface area contributed by atoms with Gasteiger partial charge in [0.05, 0.1) is 6.26 Å². The molecule has 166 valence electrons. The number of nitrogens with zero attached hydrogens (tertiary/aromatic N) is 2. The predicted octanol–water partition coefficient (Wildman–Crippen LogP) is 5.36. The zero-order valence-corrected chi connectivity index (χ0v) is 18.9. The van der Waals surface area contributed by atoms with Gasteiger partial charge in [-0.05, 0) is 73.3 Å². The van der Waals surface area contributed by atoms with Gasteiger partial charge < -0.3 is 15.1 Å².